The van der Waals surface area contributed by atoms with Crippen LogP contribution in [-0.2, 0) is 11.3 Å². The number of likely N-dealkylation sites (tertiary alicyclic amines) is 1. The second-order valence-electron chi connectivity index (χ2n) is 5.97. The molecule has 1 saturated heterocycles. The van der Waals surface area contributed by atoms with Gasteiger partial charge in [0, 0.05) is 32.0 Å². The first-order valence-electron chi connectivity index (χ1n) is 8.06. The van der Waals surface area contributed by atoms with Gasteiger partial charge in [0.25, 0.3) is 0 Å². The second kappa shape index (κ2) is 7.92. The molecule has 132 valence electrons. The number of rotatable bonds is 7. The zero-order valence-electron chi connectivity index (χ0n) is 13.6. The third kappa shape index (κ3) is 4.89. The molecule has 1 aliphatic heterocycles. The van der Waals surface area contributed by atoms with E-state index in [-0.39, 0.29) is 17.6 Å². The molecule has 1 aliphatic rings. The Balaban J connectivity index is 1.48. The summed E-state index contributed by atoms with van der Waals surface area (Å²) in [5.74, 6) is 0.917. The average Bonchev–Trinajstić information content (AvgIpc) is 2.94. The van der Waals surface area contributed by atoms with Gasteiger partial charge < -0.3 is 15.0 Å². The molecule has 0 saturated carbocycles. The molecule has 7 heteroatoms. The number of benzene rings is 1. The Morgan fingerprint density at radius 2 is 2.04 bits per heavy atom. The highest BCUT2D eigenvalue weighted by atomic mass is 19.3. The fourth-order valence-electron chi connectivity index (χ4n) is 2.85. The Kier molecular flexibility index (Phi) is 5.42. The summed E-state index contributed by atoms with van der Waals surface area (Å²) >= 11 is 0. The van der Waals surface area contributed by atoms with E-state index in [1.807, 2.05) is 35.2 Å². The van der Waals surface area contributed by atoms with Gasteiger partial charge in [-0.15, -0.1) is 0 Å². The van der Waals surface area contributed by atoms with Gasteiger partial charge in [0.2, 0.25) is 5.91 Å². The van der Waals surface area contributed by atoms with Gasteiger partial charge in [0.1, 0.15) is 11.6 Å². The lowest BCUT2D eigenvalue weighted by molar-refractivity contribution is -0.128. The number of nitrogens with zero attached hydrogens (tertiary/aromatic N) is 2. The molecular formula is C18H19F2N3O2. The molecule has 2 aromatic rings. The molecule has 1 aromatic heterocycles. The largest absolute Gasteiger partial charge is 0.433 e. The van der Waals surface area contributed by atoms with Crippen LogP contribution in [-0.4, -0.2) is 35.5 Å². The zero-order chi connectivity index (χ0) is 17.6. The monoisotopic (exact) mass is 347 g/mol. The molecule has 1 N–H and O–H groups in total. The first-order valence-corrected chi connectivity index (χ1v) is 8.06. The molecule has 0 bridgehead atoms. The number of pyridine rings is 1. The Hall–Kier alpha value is -2.70. The number of alkyl halides is 2. The number of carbonyl (C=O) groups is 1. The molecule has 1 atom stereocenters. The second-order valence-corrected chi connectivity index (χ2v) is 5.97. The van der Waals surface area contributed by atoms with Crippen molar-refractivity contribution in [2.45, 2.75) is 19.6 Å². The zero-order valence-corrected chi connectivity index (χ0v) is 13.6. The summed E-state index contributed by atoms with van der Waals surface area (Å²) in [7, 11) is 0. The van der Waals surface area contributed by atoms with Gasteiger partial charge in [-0.2, -0.15) is 8.78 Å². The molecule has 0 spiro atoms. The minimum absolute atomic E-state index is 0.0191. The van der Waals surface area contributed by atoms with Crippen molar-refractivity contribution in [1.29, 1.82) is 0 Å². The SMILES string of the molecule is O=C1CC(CNc2ccc(OC(F)F)cn2)CN1Cc1ccccc1. The molecule has 5 nitrogen and oxygen atoms in total. The van der Waals surface area contributed by atoms with Crippen molar-refractivity contribution in [3.63, 3.8) is 0 Å². The summed E-state index contributed by atoms with van der Waals surface area (Å²) in [6.07, 6.45) is 1.74. The van der Waals surface area contributed by atoms with E-state index in [4.69, 9.17) is 0 Å². The van der Waals surface area contributed by atoms with E-state index in [0.717, 1.165) is 5.56 Å². The topological polar surface area (TPSA) is 54.5 Å². The smallest absolute Gasteiger partial charge is 0.387 e. The highest BCUT2D eigenvalue weighted by molar-refractivity contribution is 5.78. The highest BCUT2D eigenvalue weighted by Gasteiger charge is 2.29. The van der Waals surface area contributed by atoms with E-state index in [0.29, 0.717) is 31.9 Å². The number of halogens is 2. The molecule has 0 radical (unpaired) electrons. The van der Waals surface area contributed by atoms with Crippen LogP contribution in [0.25, 0.3) is 0 Å². The van der Waals surface area contributed by atoms with Gasteiger partial charge in [-0.1, -0.05) is 30.3 Å². The van der Waals surface area contributed by atoms with Crippen LogP contribution < -0.4 is 10.1 Å². The molecule has 2 heterocycles. The number of aromatic nitrogens is 1. The normalized spacial score (nSPS) is 17.2. The van der Waals surface area contributed by atoms with Crippen molar-refractivity contribution in [2.75, 3.05) is 18.4 Å². The van der Waals surface area contributed by atoms with Crippen LogP contribution in [0.5, 0.6) is 5.75 Å². The summed E-state index contributed by atoms with van der Waals surface area (Å²) in [4.78, 5) is 18.0. The van der Waals surface area contributed by atoms with Gasteiger partial charge >= 0.3 is 6.61 Å². The summed E-state index contributed by atoms with van der Waals surface area (Å²) in [6.45, 7) is -0.957. The summed E-state index contributed by atoms with van der Waals surface area (Å²) in [6, 6.07) is 12.9. The Bertz CT molecular complexity index is 695. The van der Waals surface area contributed by atoms with Crippen molar-refractivity contribution >= 4 is 11.7 Å². The summed E-state index contributed by atoms with van der Waals surface area (Å²) in [5, 5.41) is 3.14. The van der Waals surface area contributed by atoms with Crippen LogP contribution >= 0.6 is 0 Å². The van der Waals surface area contributed by atoms with Crippen LogP contribution in [0, 0.1) is 5.92 Å². The van der Waals surface area contributed by atoms with Crippen molar-refractivity contribution in [3.05, 3.63) is 54.2 Å². The molecule has 1 aromatic carbocycles. The number of amides is 1. The third-order valence-corrected chi connectivity index (χ3v) is 4.04. The van der Waals surface area contributed by atoms with E-state index in [9.17, 15) is 13.6 Å². The first-order chi connectivity index (χ1) is 12.1. The lowest BCUT2D eigenvalue weighted by Crippen LogP contribution is -2.25. The van der Waals surface area contributed by atoms with E-state index < -0.39 is 6.61 Å². The van der Waals surface area contributed by atoms with Crippen LogP contribution in [0.1, 0.15) is 12.0 Å². The minimum Gasteiger partial charge on any atom is -0.433 e. The molecule has 1 fully saturated rings. The van der Waals surface area contributed by atoms with Gasteiger partial charge in [0.15, 0.2) is 0 Å². The number of nitrogens with one attached hydrogen (secondary N) is 1. The van der Waals surface area contributed by atoms with Gasteiger partial charge in [-0.25, -0.2) is 4.98 Å². The molecule has 25 heavy (non-hydrogen) atoms. The predicted molar refractivity (Wildman–Crippen MR) is 89.3 cm³/mol. The quantitative estimate of drug-likeness (QED) is 0.836. The maximum Gasteiger partial charge on any atom is 0.387 e. The predicted octanol–water partition coefficient (Wildman–Crippen LogP) is 3.14. The fraction of sp³-hybridized carbons (Fsp3) is 0.333. The number of hydrogen-bond acceptors (Lipinski definition) is 4. The standard InChI is InChI=1S/C18H19F2N3O2/c19-18(20)25-15-6-7-16(22-10-15)21-9-14-8-17(24)23(12-14)11-13-4-2-1-3-5-13/h1-7,10,14,18H,8-9,11-12H2,(H,21,22). The van der Waals surface area contributed by atoms with Gasteiger partial charge in [-0.3, -0.25) is 4.79 Å². The van der Waals surface area contributed by atoms with E-state index in [1.54, 1.807) is 6.07 Å². The number of carbonyl (C=O) groups excluding carboxylic acids is 1. The third-order valence-electron chi connectivity index (χ3n) is 4.04. The van der Waals surface area contributed by atoms with Crippen LogP contribution in [0.4, 0.5) is 14.6 Å². The van der Waals surface area contributed by atoms with Gasteiger partial charge in [-0.05, 0) is 17.7 Å². The lowest BCUT2D eigenvalue weighted by Gasteiger charge is -2.17. The maximum atomic E-state index is 12.1. The average molecular weight is 347 g/mol. The molecule has 1 unspecified atom stereocenters. The summed E-state index contributed by atoms with van der Waals surface area (Å²) < 4.78 is 28.5. The van der Waals surface area contributed by atoms with Crippen molar-refractivity contribution < 1.29 is 18.3 Å². The Morgan fingerprint density at radius 3 is 2.72 bits per heavy atom. The highest BCUT2D eigenvalue weighted by Crippen LogP contribution is 2.21. The molecule has 1 amide bonds. The Labute approximate surface area is 144 Å². The molecular weight excluding hydrogens is 328 g/mol. The lowest BCUT2D eigenvalue weighted by atomic mass is 10.1. The van der Waals surface area contributed by atoms with Gasteiger partial charge in [0.05, 0.1) is 6.20 Å². The van der Waals surface area contributed by atoms with Crippen LogP contribution in [0.15, 0.2) is 48.7 Å². The van der Waals surface area contributed by atoms with Crippen molar-refractivity contribution in [2.24, 2.45) is 5.92 Å². The first kappa shape index (κ1) is 17.1. The maximum absolute atomic E-state index is 12.1. The number of hydrogen-bond donors (Lipinski definition) is 1. The van der Waals surface area contributed by atoms with E-state index in [2.05, 4.69) is 15.0 Å². The van der Waals surface area contributed by atoms with E-state index >= 15 is 0 Å². The molecule has 3 rings (SSSR count). The fourth-order valence-corrected chi connectivity index (χ4v) is 2.85. The molecule has 0 aliphatic carbocycles. The van der Waals surface area contributed by atoms with Crippen LogP contribution in [0.3, 0.4) is 0 Å². The van der Waals surface area contributed by atoms with E-state index in [1.165, 1.54) is 12.3 Å². The number of ether oxygens (including phenoxy) is 1. The Morgan fingerprint density at radius 1 is 1.24 bits per heavy atom. The minimum atomic E-state index is -2.86. The summed E-state index contributed by atoms with van der Waals surface area (Å²) in [5.41, 5.74) is 1.11. The number of anilines is 1. The van der Waals surface area contributed by atoms with Crippen molar-refractivity contribution in [1.82, 2.24) is 9.88 Å². The van der Waals surface area contributed by atoms with Crippen LogP contribution in [0.2, 0.25) is 0 Å². The van der Waals surface area contributed by atoms with Crippen molar-refractivity contribution in [3.8, 4) is 5.75 Å².